The minimum Gasteiger partial charge on any atom is -0.466 e. The standard InChI is InChI=1S/C23H22Cl2N2O4/c1-3-31-18(28)10-14-4-6-15(7-5-14)23(11-30-12-23)27-22(29)21-13(2)19-17(26-21)9-8-16(24)20(19)25/h4-9,26H,3,10-12H2,1-2H3,(H,27,29). The summed E-state index contributed by atoms with van der Waals surface area (Å²) in [5.41, 5.74) is 3.05. The highest BCUT2D eigenvalue weighted by Gasteiger charge is 2.42. The second kappa shape index (κ2) is 8.54. The molecule has 3 aromatic rings. The molecule has 0 radical (unpaired) electrons. The van der Waals surface area contributed by atoms with Crippen LogP contribution < -0.4 is 5.32 Å². The molecule has 1 fully saturated rings. The first-order valence-corrected chi connectivity index (χ1v) is 10.7. The van der Waals surface area contributed by atoms with E-state index in [4.69, 9.17) is 32.7 Å². The fourth-order valence-corrected chi connectivity index (χ4v) is 4.28. The molecule has 162 valence electrons. The Morgan fingerprint density at radius 2 is 1.87 bits per heavy atom. The number of benzene rings is 2. The molecule has 1 aromatic heterocycles. The van der Waals surface area contributed by atoms with Gasteiger partial charge in [-0.2, -0.15) is 0 Å². The summed E-state index contributed by atoms with van der Waals surface area (Å²) in [6.45, 7) is 4.70. The molecule has 2 aromatic carbocycles. The van der Waals surface area contributed by atoms with Gasteiger partial charge < -0.3 is 19.8 Å². The highest BCUT2D eigenvalue weighted by molar-refractivity contribution is 6.45. The van der Waals surface area contributed by atoms with Crippen molar-refractivity contribution < 1.29 is 19.1 Å². The Hall–Kier alpha value is -2.54. The number of aromatic amines is 1. The smallest absolute Gasteiger partial charge is 0.310 e. The summed E-state index contributed by atoms with van der Waals surface area (Å²) < 4.78 is 10.4. The van der Waals surface area contributed by atoms with Crippen LogP contribution in [0.3, 0.4) is 0 Å². The molecule has 31 heavy (non-hydrogen) atoms. The van der Waals surface area contributed by atoms with Crippen LogP contribution in [0.4, 0.5) is 0 Å². The van der Waals surface area contributed by atoms with Gasteiger partial charge in [0.1, 0.15) is 11.2 Å². The summed E-state index contributed by atoms with van der Waals surface area (Å²) in [6.07, 6.45) is 0.210. The number of amides is 1. The maximum absolute atomic E-state index is 13.2. The lowest BCUT2D eigenvalue weighted by atomic mass is 9.87. The maximum atomic E-state index is 13.2. The average molecular weight is 461 g/mol. The summed E-state index contributed by atoms with van der Waals surface area (Å²) in [4.78, 5) is 28.0. The van der Waals surface area contributed by atoms with E-state index in [0.717, 1.165) is 27.6 Å². The lowest BCUT2D eigenvalue weighted by molar-refractivity contribution is -0.142. The molecule has 8 heteroatoms. The van der Waals surface area contributed by atoms with Crippen molar-refractivity contribution in [2.45, 2.75) is 25.8 Å². The van der Waals surface area contributed by atoms with Crippen LogP contribution in [0.2, 0.25) is 10.0 Å². The van der Waals surface area contributed by atoms with Crippen molar-refractivity contribution in [1.82, 2.24) is 10.3 Å². The Bertz CT molecular complexity index is 1150. The van der Waals surface area contributed by atoms with Crippen LogP contribution in [-0.2, 0) is 26.2 Å². The van der Waals surface area contributed by atoms with E-state index in [1.165, 1.54) is 0 Å². The van der Waals surface area contributed by atoms with Gasteiger partial charge in [-0.3, -0.25) is 9.59 Å². The highest BCUT2D eigenvalue weighted by atomic mass is 35.5. The molecule has 1 aliphatic rings. The number of carbonyl (C=O) groups is 2. The number of halogens is 2. The molecule has 2 heterocycles. The molecule has 2 N–H and O–H groups in total. The normalized spacial score (nSPS) is 14.8. The molecule has 1 amide bonds. The van der Waals surface area contributed by atoms with Gasteiger partial charge in [0.15, 0.2) is 0 Å². The zero-order valence-corrected chi connectivity index (χ0v) is 18.7. The summed E-state index contributed by atoms with van der Waals surface area (Å²) in [6, 6.07) is 11.1. The maximum Gasteiger partial charge on any atom is 0.310 e. The fraction of sp³-hybridized carbons (Fsp3) is 0.304. The number of aryl methyl sites for hydroxylation is 1. The largest absolute Gasteiger partial charge is 0.466 e. The molecule has 0 unspecified atom stereocenters. The van der Waals surface area contributed by atoms with Crippen molar-refractivity contribution in [1.29, 1.82) is 0 Å². The van der Waals surface area contributed by atoms with Crippen LogP contribution in [0, 0.1) is 6.92 Å². The Balaban J connectivity index is 1.57. The van der Waals surface area contributed by atoms with E-state index < -0.39 is 5.54 Å². The first kappa shape index (κ1) is 21.7. The van der Waals surface area contributed by atoms with Gasteiger partial charge in [0.2, 0.25) is 0 Å². The fourth-order valence-electron chi connectivity index (χ4n) is 3.82. The second-order valence-corrected chi connectivity index (χ2v) is 8.40. The molecule has 0 bridgehead atoms. The van der Waals surface area contributed by atoms with Gasteiger partial charge in [-0.05, 0) is 42.7 Å². The van der Waals surface area contributed by atoms with Crippen molar-refractivity contribution in [3.8, 4) is 0 Å². The van der Waals surface area contributed by atoms with E-state index in [0.29, 0.717) is 35.6 Å². The van der Waals surface area contributed by atoms with Crippen LogP contribution in [0.1, 0.15) is 34.1 Å². The molecule has 0 saturated carbocycles. The molecule has 4 rings (SSSR count). The number of H-pyrrole nitrogens is 1. The minimum atomic E-state index is -0.634. The quantitative estimate of drug-likeness (QED) is 0.528. The van der Waals surface area contributed by atoms with Gasteiger partial charge in [0.05, 0.1) is 36.3 Å². The molecule has 1 aliphatic heterocycles. The van der Waals surface area contributed by atoms with Gasteiger partial charge in [-0.1, -0.05) is 47.5 Å². The van der Waals surface area contributed by atoms with Crippen LogP contribution >= 0.6 is 23.2 Å². The van der Waals surface area contributed by atoms with E-state index in [1.54, 1.807) is 19.1 Å². The average Bonchev–Trinajstić information content (AvgIpc) is 3.05. The van der Waals surface area contributed by atoms with Gasteiger partial charge in [0, 0.05) is 10.9 Å². The lowest BCUT2D eigenvalue weighted by Crippen LogP contribution is -2.59. The van der Waals surface area contributed by atoms with E-state index in [-0.39, 0.29) is 18.3 Å². The van der Waals surface area contributed by atoms with Crippen molar-refractivity contribution in [3.63, 3.8) is 0 Å². The Morgan fingerprint density at radius 3 is 2.48 bits per heavy atom. The first-order valence-electron chi connectivity index (χ1n) is 9.96. The minimum absolute atomic E-state index is 0.210. The van der Waals surface area contributed by atoms with E-state index in [2.05, 4.69) is 10.3 Å². The Labute approximate surface area is 189 Å². The van der Waals surface area contributed by atoms with Gasteiger partial charge >= 0.3 is 5.97 Å². The molecule has 6 nitrogen and oxygen atoms in total. The van der Waals surface area contributed by atoms with Gasteiger partial charge in [0.25, 0.3) is 5.91 Å². The predicted octanol–water partition coefficient (Wildman–Crippen LogP) is 4.54. The third-order valence-electron chi connectivity index (χ3n) is 5.54. The first-order chi connectivity index (χ1) is 14.8. The molecule has 1 saturated heterocycles. The predicted molar refractivity (Wildman–Crippen MR) is 120 cm³/mol. The number of hydrogen-bond donors (Lipinski definition) is 2. The van der Waals surface area contributed by atoms with E-state index in [9.17, 15) is 9.59 Å². The summed E-state index contributed by atoms with van der Waals surface area (Å²) in [7, 11) is 0. The van der Waals surface area contributed by atoms with Gasteiger partial charge in [-0.25, -0.2) is 0 Å². The molecule has 0 spiro atoms. The summed E-state index contributed by atoms with van der Waals surface area (Å²) in [5.74, 6) is -0.516. The van der Waals surface area contributed by atoms with Crippen molar-refractivity contribution >= 4 is 46.0 Å². The van der Waals surface area contributed by atoms with E-state index >= 15 is 0 Å². The molecular formula is C23H22Cl2N2O4. The number of nitrogens with one attached hydrogen (secondary N) is 2. The van der Waals surface area contributed by atoms with Crippen LogP contribution in [0.25, 0.3) is 10.9 Å². The van der Waals surface area contributed by atoms with Crippen LogP contribution in [0.15, 0.2) is 36.4 Å². The zero-order chi connectivity index (χ0) is 22.2. The summed E-state index contributed by atoms with van der Waals surface area (Å²) >= 11 is 12.5. The van der Waals surface area contributed by atoms with Gasteiger partial charge in [-0.15, -0.1) is 0 Å². The number of hydrogen-bond acceptors (Lipinski definition) is 4. The monoisotopic (exact) mass is 460 g/mol. The zero-order valence-electron chi connectivity index (χ0n) is 17.2. The Morgan fingerprint density at radius 1 is 1.16 bits per heavy atom. The highest BCUT2D eigenvalue weighted by Crippen LogP contribution is 2.35. The van der Waals surface area contributed by atoms with Crippen LogP contribution in [0.5, 0.6) is 0 Å². The SMILES string of the molecule is CCOC(=O)Cc1ccc(C2(NC(=O)c3[nH]c4ccc(Cl)c(Cl)c4c3C)COC2)cc1. The topological polar surface area (TPSA) is 80.4 Å². The third-order valence-corrected chi connectivity index (χ3v) is 6.35. The number of aromatic nitrogens is 1. The van der Waals surface area contributed by atoms with Crippen molar-refractivity contribution in [2.24, 2.45) is 0 Å². The third kappa shape index (κ3) is 4.03. The van der Waals surface area contributed by atoms with Crippen molar-refractivity contribution in [3.05, 3.63) is 68.8 Å². The molecule has 0 aliphatic carbocycles. The van der Waals surface area contributed by atoms with Crippen LogP contribution in [-0.4, -0.2) is 36.7 Å². The molecular weight excluding hydrogens is 439 g/mol. The lowest BCUT2D eigenvalue weighted by Gasteiger charge is -2.42. The number of carbonyl (C=O) groups excluding carboxylic acids is 2. The van der Waals surface area contributed by atoms with Crippen molar-refractivity contribution in [2.75, 3.05) is 19.8 Å². The number of esters is 1. The summed E-state index contributed by atoms with van der Waals surface area (Å²) in [5, 5.41) is 4.72. The second-order valence-electron chi connectivity index (χ2n) is 7.62. The Kier molecular flexibility index (Phi) is 5.97. The van der Waals surface area contributed by atoms with E-state index in [1.807, 2.05) is 31.2 Å². The molecule has 0 atom stereocenters. The number of ether oxygens (including phenoxy) is 2. The number of rotatable bonds is 6. The number of fused-ring (bicyclic) bond motifs is 1.